The smallest absolute Gasteiger partial charge is 0.261 e. The average Bonchev–Trinajstić information content (AvgIpc) is 2.41. The zero-order valence-electron chi connectivity index (χ0n) is 10.4. The van der Waals surface area contributed by atoms with E-state index in [-0.39, 0.29) is 18.9 Å². The highest BCUT2D eigenvalue weighted by Gasteiger charge is 2.04. The number of ether oxygens (including phenoxy) is 1. The number of rotatable bonds is 8. The first-order valence-corrected chi connectivity index (χ1v) is 6.41. The quantitative estimate of drug-likeness (QED) is 0.591. The molecule has 3 nitrogen and oxygen atoms in total. The lowest BCUT2D eigenvalue weighted by Crippen LogP contribution is -2.24. The van der Waals surface area contributed by atoms with Crippen molar-refractivity contribution in [2.75, 3.05) is 13.2 Å². The Labute approximate surface area is 115 Å². The third-order valence-electron chi connectivity index (χ3n) is 2.38. The second kappa shape index (κ2) is 8.82. The molecule has 1 rings (SSSR count). The number of carbonyl (C=O) groups excluding carboxylic acids is 1. The molecule has 1 N–H and O–H groups in total. The first kappa shape index (κ1) is 15.9. The molecule has 0 radical (unpaired) electrons. The molecule has 0 atom stereocenters. The van der Waals surface area contributed by atoms with E-state index in [0.717, 1.165) is 11.1 Å². The molecular formula is C13H16ClF2NO2. The Kier molecular flexibility index (Phi) is 7.36. The fraction of sp³-hybridized carbons (Fsp3) is 0.462. The molecule has 1 aromatic rings. The van der Waals surface area contributed by atoms with E-state index in [1.165, 1.54) is 0 Å². The number of nitrogens with one attached hydrogen (secondary N) is 1. The summed E-state index contributed by atoms with van der Waals surface area (Å²) in [4.78, 5) is 11.4. The van der Waals surface area contributed by atoms with Crippen molar-refractivity contribution in [2.24, 2.45) is 0 Å². The minimum absolute atomic E-state index is 0.00135. The molecule has 6 heteroatoms. The van der Waals surface area contributed by atoms with Gasteiger partial charge in [-0.2, -0.15) is 0 Å². The molecule has 0 aliphatic carbocycles. The van der Waals surface area contributed by atoms with Gasteiger partial charge < -0.3 is 10.1 Å². The summed E-state index contributed by atoms with van der Waals surface area (Å²) in [6.45, 7) is -0.231. The van der Waals surface area contributed by atoms with Gasteiger partial charge in [0.25, 0.3) is 6.43 Å². The van der Waals surface area contributed by atoms with Gasteiger partial charge in [0.05, 0.1) is 6.61 Å². The van der Waals surface area contributed by atoms with E-state index < -0.39 is 13.0 Å². The molecule has 0 spiro atoms. The normalized spacial score (nSPS) is 10.7. The van der Waals surface area contributed by atoms with E-state index in [2.05, 4.69) is 10.1 Å². The van der Waals surface area contributed by atoms with E-state index >= 15 is 0 Å². The zero-order chi connectivity index (χ0) is 14.1. The molecule has 0 saturated carbocycles. The number of carbonyl (C=O) groups is 1. The maximum Gasteiger partial charge on any atom is 0.261 e. The fourth-order valence-corrected chi connectivity index (χ4v) is 1.55. The molecule has 0 fully saturated rings. The molecule has 1 aromatic carbocycles. The molecule has 0 saturated heterocycles. The van der Waals surface area contributed by atoms with Crippen LogP contribution in [-0.2, 0) is 22.0 Å². The highest BCUT2D eigenvalue weighted by atomic mass is 35.5. The standard InChI is InChI=1S/C13H16ClF2NO2/c14-7-10-1-3-11(4-2-10)8-17-13(18)5-6-19-9-12(15)16/h1-4,12H,5-9H2,(H,17,18). The van der Waals surface area contributed by atoms with Crippen LogP contribution < -0.4 is 5.32 Å². The number of hydrogen-bond acceptors (Lipinski definition) is 2. The molecule has 0 aromatic heterocycles. The zero-order valence-corrected chi connectivity index (χ0v) is 11.1. The lowest BCUT2D eigenvalue weighted by atomic mass is 10.1. The van der Waals surface area contributed by atoms with Gasteiger partial charge in [-0.1, -0.05) is 24.3 Å². The summed E-state index contributed by atoms with van der Waals surface area (Å²) >= 11 is 5.66. The van der Waals surface area contributed by atoms with Gasteiger partial charge in [-0.05, 0) is 11.1 Å². The van der Waals surface area contributed by atoms with Crippen molar-refractivity contribution in [1.82, 2.24) is 5.32 Å². The average molecular weight is 292 g/mol. The molecule has 0 bridgehead atoms. The Morgan fingerprint density at radius 1 is 1.26 bits per heavy atom. The Balaban J connectivity index is 2.18. The maximum absolute atomic E-state index is 11.8. The summed E-state index contributed by atoms with van der Waals surface area (Å²) in [5.41, 5.74) is 1.97. The SMILES string of the molecule is O=C(CCOCC(F)F)NCc1ccc(CCl)cc1. The van der Waals surface area contributed by atoms with Gasteiger partial charge in [0.15, 0.2) is 0 Å². The van der Waals surface area contributed by atoms with Gasteiger partial charge in [0.1, 0.15) is 6.61 Å². The van der Waals surface area contributed by atoms with Crippen LogP contribution in [0.5, 0.6) is 0 Å². The molecule has 19 heavy (non-hydrogen) atoms. The Hall–Kier alpha value is -1.20. The van der Waals surface area contributed by atoms with E-state index in [9.17, 15) is 13.6 Å². The van der Waals surface area contributed by atoms with Crippen LogP contribution in [0, 0.1) is 0 Å². The number of amides is 1. The first-order chi connectivity index (χ1) is 9.11. The van der Waals surface area contributed by atoms with Crippen LogP contribution in [0.15, 0.2) is 24.3 Å². The topological polar surface area (TPSA) is 38.3 Å². The van der Waals surface area contributed by atoms with Crippen LogP contribution in [0.3, 0.4) is 0 Å². The van der Waals surface area contributed by atoms with Crippen LogP contribution >= 0.6 is 11.6 Å². The highest BCUT2D eigenvalue weighted by molar-refractivity contribution is 6.17. The minimum Gasteiger partial charge on any atom is -0.375 e. The van der Waals surface area contributed by atoms with Crippen molar-refractivity contribution < 1.29 is 18.3 Å². The third-order valence-corrected chi connectivity index (χ3v) is 2.69. The second-order valence-corrected chi connectivity index (χ2v) is 4.21. The van der Waals surface area contributed by atoms with Gasteiger partial charge in [-0.15, -0.1) is 11.6 Å². The summed E-state index contributed by atoms with van der Waals surface area (Å²) in [7, 11) is 0. The van der Waals surface area contributed by atoms with Crippen molar-refractivity contribution in [1.29, 1.82) is 0 Å². The van der Waals surface area contributed by atoms with E-state index in [4.69, 9.17) is 11.6 Å². The van der Waals surface area contributed by atoms with Crippen molar-refractivity contribution in [3.8, 4) is 0 Å². The monoisotopic (exact) mass is 291 g/mol. The van der Waals surface area contributed by atoms with Crippen molar-refractivity contribution in [3.05, 3.63) is 35.4 Å². The fourth-order valence-electron chi connectivity index (χ4n) is 1.37. The lowest BCUT2D eigenvalue weighted by molar-refractivity contribution is -0.122. The van der Waals surface area contributed by atoms with Gasteiger partial charge in [0.2, 0.25) is 5.91 Å². The largest absolute Gasteiger partial charge is 0.375 e. The second-order valence-electron chi connectivity index (χ2n) is 3.94. The molecule has 0 aliphatic heterocycles. The van der Waals surface area contributed by atoms with Crippen LogP contribution in [0.4, 0.5) is 8.78 Å². The molecular weight excluding hydrogens is 276 g/mol. The molecule has 1 amide bonds. The minimum atomic E-state index is -2.50. The van der Waals surface area contributed by atoms with Crippen LogP contribution in [0.2, 0.25) is 0 Å². The van der Waals surface area contributed by atoms with Crippen LogP contribution in [0.25, 0.3) is 0 Å². The van der Waals surface area contributed by atoms with Gasteiger partial charge in [-0.3, -0.25) is 4.79 Å². The predicted molar refractivity (Wildman–Crippen MR) is 69.3 cm³/mol. The number of alkyl halides is 3. The van der Waals surface area contributed by atoms with Gasteiger partial charge >= 0.3 is 0 Å². The van der Waals surface area contributed by atoms with Crippen molar-refractivity contribution in [3.63, 3.8) is 0 Å². The molecule has 0 heterocycles. The highest BCUT2D eigenvalue weighted by Crippen LogP contribution is 2.06. The number of hydrogen-bond donors (Lipinski definition) is 1. The molecule has 0 aliphatic rings. The molecule has 0 unspecified atom stereocenters. The van der Waals surface area contributed by atoms with Gasteiger partial charge in [-0.25, -0.2) is 8.78 Å². The summed E-state index contributed by atoms with van der Waals surface area (Å²) in [5, 5.41) is 2.69. The van der Waals surface area contributed by atoms with E-state index in [0.29, 0.717) is 12.4 Å². The Morgan fingerprint density at radius 3 is 2.47 bits per heavy atom. The third kappa shape index (κ3) is 7.08. The van der Waals surface area contributed by atoms with Crippen LogP contribution in [0.1, 0.15) is 17.5 Å². The predicted octanol–water partition coefficient (Wildman–Crippen LogP) is 2.71. The lowest BCUT2D eigenvalue weighted by Gasteiger charge is -2.06. The summed E-state index contributed by atoms with van der Waals surface area (Å²) in [5.74, 6) is 0.226. The van der Waals surface area contributed by atoms with E-state index in [1.807, 2.05) is 24.3 Å². The summed E-state index contributed by atoms with van der Waals surface area (Å²) < 4.78 is 28.1. The molecule has 106 valence electrons. The number of halogens is 3. The summed E-state index contributed by atoms with van der Waals surface area (Å²) in [6, 6.07) is 7.54. The summed E-state index contributed by atoms with van der Waals surface area (Å²) in [6.07, 6.45) is -2.42. The van der Waals surface area contributed by atoms with Crippen molar-refractivity contribution in [2.45, 2.75) is 25.3 Å². The Bertz CT molecular complexity index is 385. The number of benzene rings is 1. The Morgan fingerprint density at radius 2 is 1.89 bits per heavy atom. The van der Waals surface area contributed by atoms with E-state index in [1.54, 1.807) is 0 Å². The van der Waals surface area contributed by atoms with Gasteiger partial charge in [0, 0.05) is 18.8 Å². The van der Waals surface area contributed by atoms with Crippen molar-refractivity contribution >= 4 is 17.5 Å². The maximum atomic E-state index is 11.8. The van der Waals surface area contributed by atoms with Crippen LogP contribution in [-0.4, -0.2) is 25.5 Å². The first-order valence-electron chi connectivity index (χ1n) is 5.88.